The van der Waals surface area contributed by atoms with Gasteiger partial charge in [-0.05, 0) is 54.1 Å². The monoisotopic (exact) mass is 605 g/mol. The molecule has 0 saturated carbocycles. The van der Waals surface area contributed by atoms with E-state index in [0.717, 1.165) is 15.6 Å². The fourth-order valence-corrected chi connectivity index (χ4v) is 5.26. The second-order valence-corrected chi connectivity index (χ2v) is 10.8. The molecule has 2 N–H and O–H groups in total. The van der Waals surface area contributed by atoms with Crippen LogP contribution in [-0.4, -0.2) is 49.8 Å². The van der Waals surface area contributed by atoms with E-state index in [-0.39, 0.29) is 30.4 Å². The van der Waals surface area contributed by atoms with Crippen LogP contribution in [-0.2, 0) is 12.6 Å². The zero-order valence-electron chi connectivity index (χ0n) is 20.6. The molecule has 2 aromatic heterocycles. The van der Waals surface area contributed by atoms with E-state index in [9.17, 15) is 14.7 Å². The minimum Gasteiger partial charge on any atom is -0.506 e. The number of hydrogen-bond donors (Lipinski definition) is 2. The largest absolute Gasteiger partial charge is 0.506 e. The Labute approximate surface area is 236 Å². The Morgan fingerprint density at radius 3 is 2.51 bits per heavy atom. The number of fused-ring (bicyclic) bond motifs is 1. The number of phenols is 1. The Morgan fingerprint density at radius 2 is 1.79 bits per heavy atom. The fraction of sp³-hybridized carbons (Fsp3) is 0.143. The van der Waals surface area contributed by atoms with E-state index in [1.54, 1.807) is 59.2 Å². The summed E-state index contributed by atoms with van der Waals surface area (Å²) in [6, 6.07) is 19.3. The predicted octanol–water partition coefficient (Wildman–Crippen LogP) is 5.13. The number of likely N-dealkylation sites (tertiary alicyclic amines) is 1. The van der Waals surface area contributed by atoms with E-state index < -0.39 is 11.4 Å². The first-order chi connectivity index (χ1) is 18.7. The molecule has 11 heteroatoms. The number of aromatic hydroxyl groups is 1. The summed E-state index contributed by atoms with van der Waals surface area (Å²) in [6.45, 7) is 0.458. The molecular weight excluding hydrogens is 586 g/mol. The maximum atomic E-state index is 13.4. The molecule has 6 rings (SSSR count). The van der Waals surface area contributed by atoms with Gasteiger partial charge in [0.05, 0.1) is 19.3 Å². The van der Waals surface area contributed by atoms with Crippen LogP contribution >= 0.6 is 27.5 Å². The van der Waals surface area contributed by atoms with Gasteiger partial charge in [-0.1, -0.05) is 44.8 Å². The van der Waals surface area contributed by atoms with Crippen LogP contribution in [0, 0.1) is 0 Å². The number of hydrogen-bond acceptors (Lipinski definition) is 6. The molecule has 2 amide bonds. The van der Waals surface area contributed by atoms with Gasteiger partial charge in [0.15, 0.2) is 11.5 Å². The van der Waals surface area contributed by atoms with Crippen molar-refractivity contribution in [2.45, 2.75) is 5.54 Å². The summed E-state index contributed by atoms with van der Waals surface area (Å²) in [5, 5.41) is 22.9. The zero-order chi connectivity index (χ0) is 27.3. The summed E-state index contributed by atoms with van der Waals surface area (Å²) in [7, 11) is 1.72. The Hall–Kier alpha value is -4.15. The van der Waals surface area contributed by atoms with Gasteiger partial charge in [-0.3, -0.25) is 14.3 Å². The number of carbonyl (C=O) groups is 2. The molecule has 1 aliphatic heterocycles. The Kier molecular flexibility index (Phi) is 6.16. The van der Waals surface area contributed by atoms with Crippen molar-refractivity contribution in [3.8, 4) is 17.1 Å². The van der Waals surface area contributed by atoms with Crippen molar-refractivity contribution in [1.29, 1.82) is 0 Å². The van der Waals surface area contributed by atoms with Crippen LogP contribution in [0.5, 0.6) is 5.75 Å². The number of carbonyl (C=O) groups excluding carboxylic acids is 2. The lowest BCUT2D eigenvalue weighted by molar-refractivity contribution is 0.0260. The second-order valence-electron chi connectivity index (χ2n) is 9.49. The first-order valence-electron chi connectivity index (χ1n) is 12.0. The van der Waals surface area contributed by atoms with Crippen molar-refractivity contribution in [3.05, 3.63) is 99.2 Å². The summed E-state index contributed by atoms with van der Waals surface area (Å²) in [4.78, 5) is 28.3. The number of rotatable bonds is 5. The molecule has 196 valence electrons. The lowest BCUT2D eigenvalue weighted by Gasteiger charge is -2.50. The van der Waals surface area contributed by atoms with Crippen LogP contribution < -0.4 is 5.32 Å². The molecule has 1 aliphatic rings. The van der Waals surface area contributed by atoms with Crippen molar-refractivity contribution in [1.82, 2.24) is 25.2 Å². The smallest absolute Gasteiger partial charge is 0.274 e. The van der Waals surface area contributed by atoms with Gasteiger partial charge in [-0.25, -0.2) is 0 Å². The second kappa shape index (κ2) is 9.55. The number of nitrogens with one attached hydrogen (secondary N) is 1. The molecule has 0 bridgehead atoms. The lowest BCUT2D eigenvalue weighted by atomic mass is 9.81. The topological polar surface area (TPSA) is 113 Å². The molecule has 3 aromatic carbocycles. The summed E-state index contributed by atoms with van der Waals surface area (Å²) in [5.41, 5.74) is 1.75. The van der Waals surface area contributed by atoms with E-state index in [0.29, 0.717) is 27.2 Å². The van der Waals surface area contributed by atoms with Crippen LogP contribution in [0.15, 0.2) is 81.9 Å². The Morgan fingerprint density at radius 1 is 1.08 bits per heavy atom. The van der Waals surface area contributed by atoms with E-state index in [2.05, 4.69) is 31.5 Å². The van der Waals surface area contributed by atoms with Crippen molar-refractivity contribution in [2.75, 3.05) is 13.1 Å². The summed E-state index contributed by atoms with van der Waals surface area (Å²) in [6.07, 6.45) is 1.60. The Balaban J connectivity index is 1.25. The molecule has 0 spiro atoms. The molecule has 9 nitrogen and oxygen atoms in total. The number of aromatic nitrogens is 3. The van der Waals surface area contributed by atoms with Crippen molar-refractivity contribution < 1.29 is 19.2 Å². The van der Waals surface area contributed by atoms with Gasteiger partial charge in [0.2, 0.25) is 0 Å². The minimum absolute atomic E-state index is 0.0219. The quantitative estimate of drug-likeness (QED) is 0.287. The number of amides is 2. The SMILES string of the molecule is Cn1ncc2cc(C(=O)N3CC(NC(=O)c4cc(-c5ccc(Cl)cc5)on4)(c4ccc(Br)cc4)C3)cc(O)c21. The first-order valence-corrected chi connectivity index (χ1v) is 13.1. The highest BCUT2D eigenvalue weighted by Gasteiger charge is 2.48. The van der Waals surface area contributed by atoms with E-state index in [1.807, 2.05) is 24.3 Å². The van der Waals surface area contributed by atoms with Crippen LogP contribution in [0.1, 0.15) is 26.4 Å². The normalized spacial score (nSPS) is 14.3. The highest BCUT2D eigenvalue weighted by molar-refractivity contribution is 9.10. The zero-order valence-corrected chi connectivity index (χ0v) is 22.9. The maximum Gasteiger partial charge on any atom is 0.274 e. The third kappa shape index (κ3) is 4.55. The standard InChI is InChI=1S/C28H21BrClN5O4/c1-34-25-18(13-31-34)10-17(11-23(25)36)27(38)35-14-28(15-35,19-4-6-20(29)7-5-19)32-26(37)22-12-24(39-33-22)16-2-8-21(30)9-3-16/h2-13,36H,14-15H2,1H3,(H,32,37). The number of aryl methyl sites for hydroxylation is 1. The van der Waals surface area contributed by atoms with Gasteiger partial charge in [0, 0.05) is 39.1 Å². The molecule has 0 aliphatic carbocycles. The third-order valence-electron chi connectivity index (χ3n) is 6.89. The number of nitrogens with zero attached hydrogens (tertiary/aromatic N) is 4. The van der Waals surface area contributed by atoms with Crippen molar-refractivity contribution in [3.63, 3.8) is 0 Å². The molecule has 0 radical (unpaired) electrons. The average Bonchev–Trinajstić information content (AvgIpc) is 3.54. The fourth-order valence-electron chi connectivity index (χ4n) is 4.87. The molecule has 0 atom stereocenters. The van der Waals surface area contributed by atoms with Gasteiger partial charge in [0.25, 0.3) is 11.8 Å². The van der Waals surface area contributed by atoms with Crippen molar-refractivity contribution in [2.24, 2.45) is 7.05 Å². The van der Waals surface area contributed by atoms with E-state index >= 15 is 0 Å². The molecule has 1 saturated heterocycles. The van der Waals surface area contributed by atoms with Gasteiger partial charge in [0.1, 0.15) is 16.8 Å². The summed E-state index contributed by atoms with van der Waals surface area (Å²) < 4.78 is 7.86. The maximum absolute atomic E-state index is 13.4. The molecule has 5 aromatic rings. The lowest BCUT2D eigenvalue weighted by Crippen LogP contribution is -2.69. The summed E-state index contributed by atoms with van der Waals surface area (Å²) in [5.74, 6) is -0.273. The van der Waals surface area contributed by atoms with Gasteiger partial charge < -0.3 is 19.8 Å². The van der Waals surface area contributed by atoms with Crippen LogP contribution in [0.2, 0.25) is 5.02 Å². The molecule has 0 unspecified atom stereocenters. The van der Waals surface area contributed by atoms with Crippen LogP contribution in [0.3, 0.4) is 0 Å². The third-order valence-corrected chi connectivity index (χ3v) is 7.67. The number of halogens is 2. The first kappa shape index (κ1) is 25.1. The average molecular weight is 607 g/mol. The van der Waals surface area contributed by atoms with Gasteiger partial charge >= 0.3 is 0 Å². The molecule has 39 heavy (non-hydrogen) atoms. The van der Waals surface area contributed by atoms with Crippen LogP contribution in [0.4, 0.5) is 0 Å². The van der Waals surface area contributed by atoms with Gasteiger partial charge in [-0.2, -0.15) is 5.10 Å². The van der Waals surface area contributed by atoms with Gasteiger partial charge in [-0.15, -0.1) is 0 Å². The van der Waals surface area contributed by atoms with E-state index in [4.69, 9.17) is 16.1 Å². The molecule has 1 fully saturated rings. The molecular formula is C28H21BrClN5O4. The van der Waals surface area contributed by atoms with Crippen molar-refractivity contribution >= 4 is 50.2 Å². The summed E-state index contributed by atoms with van der Waals surface area (Å²) >= 11 is 9.42. The Bertz CT molecular complexity index is 1720. The van der Waals surface area contributed by atoms with Crippen LogP contribution in [0.25, 0.3) is 22.2 Å². The minimum atomic E-state index is -0.840. The predicted molar refractivity (Wildman–Crippen MR) is 149 cm³/mol. The van der Waals surface area contributed by atoms with E-state index in [1.165, 1.54) is 6.07 Å². The number of phenolic OH excluding ortho intramolecular Hbond substituents is 1. The number of benzene rings is 3. The molecule has 3 heterocycles. The highest BCUT2D eigenvalue weighted by atomic mass is 79.9. The highest BCUT2D eigenvalue weighted by Crippen LogP contribution is 2.36.